The zero-order valence-electron chi connectivity index (χ0n) is 13.2. The van der Waals surface area contributed by atoms with Gasteiger partial charge in [0, 0.05) is 19.2 Å². The first-order chi connectivity index (χ1) is 11.2. The Balaban J connectivity index is 2.13. The molecule has 0 saturated carbocycles. The number of hydrogen-bond donors (Lipinski definition) is 1. The summed E-state index contributed by atoms with van der Waals surface area (Å²) < 4.78 is 57.0. The van der Waals surface area contributed by atoms with Crippen LogP contribution in [0.3, 0.4) is 0 Å². The molecule has 7 nitrogen and oxygen atoms in total. The fourth-order valence-electron chi connectivity index (χ4n) is 2.02. The van der Waals surface area contributed by atoms with Gasteiger partial charge in [0.25, 0.3) is 0 Å². The number of hydrogen-bond acceptors (Lipinski definition) is 6. The smallest absolute Gasteiger partial charge is 0.250 e. The predicted molar refractivity (Wildman–Crippen MR) is 94.7 cm³/mol. The van der Waals surface area contributed by atoms with Gasteiger partial charge in [-0.1, -0.05) is 12.1 Å². The first kappa shape index (κ1) is 18.7. The maximum absolute atomic E-state index is 12.1. The molecule has 0 radical (unpaired) electrons. The standard InChI is InChI=1S/C14H18N2O5S3/c1-21-13-6-3-5-12(11-13)16(23(2,17)18)9-8-15-24(19,20)14-7-4-10-22-14/h3-7,10-11,15H,8-9H2,1-2H3. The molecule has 24 heavy (non-hydrogen) atoms. The van der Waals surface area contributed by atoms with E-state index in [-0.39, 0.29) is 17.3 Å². The van der Waals surface area contributed by atoms with Crippen LogP contribution in [0.2, 0.25) is 0 Å². The second-order valence-corrected chi connectivity index (χ2v) is 9.71. The fraction of sp³-hybridized carbons (Fsp3) is 0.286. The van der Waals surface area contributed by atoms with Gasteiger partial charge in [-0.25, -0.2) is 21.6 Å². The van der Waals surface area contributed by atoms with Crippen molar-refractivity contribution in [1.29, 1.82) is 0 Å². The third-order valence-electron chi connectivity index (χ3n) is 3.11. The molecule has 1 aromatic carbocycles. The lowest BCUT2D eigenvalue weighted by atomic mass is 10.3. The molecule has 0 spiro atoms. The highest BCUT2D eigenvalue weighted by Gasteiger charge is 2.20. The average molecular weight is 391 g/mol. The lowest BCUT2D eigenvalue weighted by Crippen LogP contribution is -2.38. The van der Waals surface area contributed by atoms with Crippen molar-refractivity contribution in [2.45, 2.75) is 4.21 Å². The first-order valence-corrected chi connectivity index (χ1v) is 11.1. The Morgan fingerprint density at radius 3 is 2.50 bits per heavy atom. The molecule has 0 amide bonds. The minimum absolute atomic E-state index is 0.0311. The van der Waals surface area contributed by atoms with E-state index in [1.807, 2.05) is 0 Å². The maximum Gasteiger partial charge on any atom is 0.250 e. The third kappa shape index (κ3) is 4.69. The Bertz CT molecular complexity index is 877. The van der Waals surface area contributed by atoms with E-state index in [9.17, 15) is 16.8 Å². The Hall–Kier alpha value is -1.62. The van der Waals surface area contributed by atoms with Gasteiger partial charge in [0.1, 0.15) is 9.96 Å². The molecule has 0 fully saturated rings. The molecule has 1 N–H and O–H groups in total. The van der Waals surface area contributed by atoms with Crippen molar-refractivity contribution in [2.75, 3.05) is 30.8 Å². The van der Waals surface area contributed by atoms with Crippen LogP contribution in [0.4, 0.5) is 5.69 Å². The van der Waals surface area contributed by atoms with Crippen LogP contribution < -0.4 is 13.8 Å². The molecular weight excluding hydrogens is 372 g/mol. The number of rotatable bonds is 8. The van der Waals surface area contributed by atoms with Crippen molar-refractivity contribution in [3.8, 4) is 5.75 Å². The van der Waals surface area contributed by atoms with Gasteiger partial charge >= 0.3 is 0 Å². The van der Waals surface area contributed by atoms with Crippen molar-refractivity contribution in [3.05, 3.63) is 41.8 Å². The Labute approximate surface area is 146 Å². The van der Waals surface area contributed by atoms with E-state index in [4.69, 9.17) is 4.74 Å². The van der Waals surface area contributed by atoms with E-state index in [1.54, 1.807) is 35.7 Å². The van der Waals surface area contributed by atoms with E-state index in [0.29, 0.717) is 11.4 Å². The van der Waals surface area contributed by atoms with Gasteiger partial charge in [0.2, 0.25) is 20.0 Å². The van der Waals surface area contributed by atoms with Gasteiger partial charge in [-0.3, -0.25) is 4.31 Å². The first-order valence-electron chi connectivity index (χ1n) is 6.89. The normalized spacial score (nSPS) is 12.1. The largest absolute Gasteiger partial charge is 0.497 e. The topological polar surface area (TPSA) is 92.8 Å². The van der Waals surface area contributed by atoms with E-state index in [2.05, 4.69) is 4.72 Å². The van der Waals surface area contributed by atoms with E-state index in [0.717, 1.165) is 21.9 Å². The van der Waals surface area contributed by atoms with Crippen LogP contribution in [0.1, 0.15) is 0 Å². The van der Waals surface area contributed by atoms with Gasteiger partial charge in [-0.2, -0.15) is 0 Å². The molecular formula is C14H18N2O5S3. The maximum atomic E-state index is 12.1. The molecule has 132 valence electrons. The summed E-state index contributed by atoms with van der Waals surface area (Å²) in [6.45, 7) is -0.0822. The molecule has 0 atom stereocenters. The number of ether oxygens (including phenoxy) is 1. The van der Waals surface area contributed by atoms with Crippen LogP contribution in [0.15, 0.2) is 46.0 Å². The van der Waals surface area contributed by atoms with Gasteiger partial charge in [-0.05, 0) is 23.6 Å². The zero-order chi connectivity index (χ0) is 17.8. The highest BCUT2D eigenvalue weighted by atomic mass is 32.2. The summed E-state index contributed by atoms with van der Waals surface area (Å²) >= 11 is 1.10. The summed E-state index contributed by atoms with van der Waals surface area (Å²) in [6, 6.07) is 9.69. The number of methoxy groups -OCH3 is 1. The van der Waals surface area contributed by atoms with Crippen LogP contribution in [-0.2, 0) is 20.0 Å². The second kappa shape index (κ2) is 7.51. The number of nitrogens with one attached hydrogen (secondary N) is 1. The minimum Gasteiger partial charge on any atom is -0.497 e. The quantitative estimate of drug-likeness (QED) is 0.737. The summed E-state index contributed by atoms with van der Waals surface area (Å²) in [5.74, 6) is 0.514. The molecule has 0 aliphatic heterocycles. The molecule has 0 bridgehead atoms. The number of sulfonamides is 2. The Kier molecular flexibility index (Phi) is 5.86. The lowest BCUT2D eigenvalue weighted by Gasteiger charge is -2.22. The van der Waals surface area contributed by atoms with Gasteiger partial charge in [0.05, 0.1) is 19.1 Å². The number of benzene rings is 1. The monoisotopic (exact) mass is 390 g/mol. The molecule has 0 saturated heterocycles. The number of anilines is 1. The van der Waals surface area contributed by atoms with Crippen molar-refractivity contribution < 1.29 is 21.6 Å². The van der Waals surface area contributed by atoms with Crippen molar-refractivity contribution in [3.63, 3.8) is 0 Å². The molecule has 10 heteroatoms. The molecule has 0 aliphatic rings. The summed E-state index contributed by atoms with van der Waals surface area (Å²) in [4.78, 5) is 0. The molecule has 2 rings (SSSR count). The highest BCUT2D eigenvalue weighted by molar-refractivity contribution is 7.92. The van der Waals surface area contributed by atoms with Gasteiger partial charge in [-0.15, -0.1) is 11.3 Å². The average Bonchev–Trinajstić information content (AvgIpc) is 3.05. The SMILES string of the molecule is COc1cccc(N(CCNS(=O)(=O)c2cccs2)S(C)(=O)=O)c1. The summed E-state index contributed by atoms with van der Waals surface area (Å²) in [7, 11) is -5.71. The zero-order valence-corrected chi connectivity index (χ0v) is 15.6. The third-order valence-corrected chi connectivity index (χ3v) is 7.16. The van der Waals surface area contributed by atoms with Crippen LogP contribution >= 0.6 is 11.3 Å². The molecule has 1 heterocycles. The summed E-state index contributed by atoms with van der Waals surface area (Å²) in [5, 5.41) is 1.66. The van der Waals surface area contributed by atoms with Crippen molar-refractivity contribution >= 4 is 37.1 Å². The van der Waals surface area contributed by atoms with Crippen LogP contribution in [0.25, 0.3) is 0 Å². The fourth-order valence-corrected chi connectivity index (χ4v) is 5.00. The van der Waals surface area contributed by atoms with E-state index < -0.39 is 20.0 Å². The summed E-state index contributed by atoms with van der Waals surface area (Å²) in [6.07, 6.45) is 1.07. The highest BCUT2D eigenvalue weighted by Crippen LogP contribution is 2.23. The number of thiophene rings is 1. The van der Waals surface area contributed by atoms with Gasteiger partial charge < -0.3 is 4.74 Å². The molecule has 0 aliphatic carbocycles. The predicted octanol–water partition coefficient (Wildman–Crippen LogP) is 1.50. The minimum atomic E-state index is -3.63. The number of nitrogens with zero attached hydrogens (tertiary/aromatic N) is 1. The molecule has 2 aromatic rings. The molecule has 1 aromatic heterocycles. The van der Waals surface area contributed by atoms with Gasteiger partial charge in [0.15, 0.2) is 0 Å². The van der Waals surface area contributed by atoms with Crippen LogP contribution in [-0.4, -0.2) is 43.3 Å². The Morgan fingerprint density at radius 2 is 1.92 bits per heavy atom. The Morgan fingerprint density at radius 1 is 1.17 bits per heavy atom. The lowest BCUT2D eigenvalue weighted by molar-refractivity contribution is 0.415. The molecule has 0 unspecified atom stereocenters. The van der Waals surface area contributed by atoms with Crippen LogP contribution in [0, 0.1) is 0 Å². The van der Waals surface area contributed by atoms with Crippen molar-refractivity contribution in [2.24, 2.45) is 0 Å². The second-order valence-electron chi connectivity index (χ2n) is 4.87. The van der Waals surface area contributed by atoms with Crippen LogP contribution in [0.5, 0.6) is 5.75 Å². The van der Waals surface area contributed by atoms with E-state index >= 15 is 0 Å². The van der Waals surface area contributed by atoms with E-state index in [1.165, 1.54) is 13.2 Å². The van der Waals surface area contributed by atoms with Crippen molar-refractivity contribution in [1.82, 2.24) is 4.72 Å². The summed E-state index contributed by atoms with van der Waals surface area (Å²) in [5.41, 5.74) is 0.409.